The number of aromatic nitrogens is 4. The lowest BCUT2D eigenvalue weighted by Crippen LogP contribution is -2.54. The third-order valence-electron chi connectivity index (χ3n) is 5.70. The summed E-state index contributed by atoms with van der Waals surface area (Å²) in [6, 6.07) is 5.76. The van der Waals surface area contributed by atoms with E-state index in [1.54, 1.807) is 24.2 Å². The molecule has 2 aromatic heterocycles. The van der Waals surface area contributed by atoms with E-state index in [1.807, 2.05) is 36.9 Å². The third-order valence-corrected chi connectivity index (χ3v) is 6.46. The van der Waals surface area contributed by atoms with Crippen LogP contribution in [0.1, 0.15) is 12.6 Å². The molecule has 0 aliphatic carbocycles. The molecule has 1 aromatic carbocycles. The van der Waals surface area contributed by atoms with Gasteiger partial charge >= 0.3 is 0 Å². The highest BCUT2D eigenvalue weighted by Gasteiger charge is 2.29. The van der Waals surface area contributed by atoms with Crippen LogP contribution in [0.3, 0.4) is 0 Å². The van der Waals surface area contributed by atoms with Gasteiger partial charge in [0.15, 0.2) is 0 Å². The summed E-state index contributed by atoms with van der Waals surface area (Å²) in [4.78, 5) is 25.3. The van der Waals surface area contributed by atoms with Crippen molar-refractivity contribution in [1.82, 2.24) is 24.6 Å². The predicted octanol–water partition coefficient (Wildman–Crippen LogP) is 3.70. The molecule has 32 heavy (non-hydrogen) atoms. The van der Waals surface area contributed by atoms with Crippen molar-refractivity contribution in [3.8, 4) is 17.0 Å². The van der Waals surface area contributed by atoms with Crippen molar-refractivity contribution in [2.45, 2.75) is 26.4 Å². The summed E-state index contributed by atoms with van der Waals surface area (Å²) in [5.74, 6) is 0.643. The molecule has 0 radical (unpaired) electrons. The lowest BCUT2D eigenvalue weighted by atomic mass is 10.1. The van der Waals surface area contributed by atoms with Gasteiger partial charge in [0, 0.05) is 55.4 Å². The molecule has 1 unspecified atom stereocenters. The molecule has 1 aliphatic heterocycles. The fraction of sp³-hybridized carbons (Fsp3) is 0.364. The van der Waals surface area contributed by atoms with E-state index in [4.69, 9.17) is 27.9 Å². The van der Waals surface area contributed by atoms with E-state index in [0.29, 0.717) is 46.7 Å². The van der Waals surface area contributed by atoms with E-state index in [9.17, 15) is 4.79 Å². The first kappa shape index (κ1) is 22.4. The number of nitrogens with zero attached hydrogens (tertiary/aromatic N) is 6. The number of hydrogen-bond acceptors (Lipinski definition) is 6. The molecule has 10 heteroatoms. The fourth-order valence-electron chi connectivity index (χ4n) is 3.91. The van der Waals surface area contributed by atoms with Crippen molar-refractivity contribution in [3.63, 3.8) is 0 Å². The summed E-state index contributed by atoms with van der Waals surface area (Å²) >= 11 is 12.6. The Balaban J connectivity index is 1.45. The second kappa shape index (κ2) is 9.34. The summed E-state index contributed by atoms with van der Waals surface area (Å²) in [6.07, 6.45) is 4.76. The fourth-order valence-corrected chi connectivity index (χ4v) is 4.35. The normalized spacial score (nSPS) is 16.3. The number of carbonyl (C=O) groups excluding carboxylic acids is 1. The van der Waals surface area contributed by atoms with Gasteiger partial charge in [0.05, 0.1) is 22.8 Å². The average molecular weight is 475 g/mol. The number of amides is 1. The molecule has 1 amide bonds. The molecule has 0 bridgehead atoms. The van der Waals surface area contributed by atoms with Crippen LogP contribution in [0.5, 0.6) is 5.75 Å². The molecule has 0 N–H and O–H groups in total. The predicted molar refractivity (Wildman–Crippen MR) is 124 cm³/mol. The second-order valence-corrected chi connectivity index (χ2v) is 8.52. The highest BCUT2D eigenvalue weighted by Crippen LogP contribution is 2.31. The first-order valence-corrected chi connectivity index (χ1v) is 11.0. The average Bonchev–Trinajstić information content (AvgIpc) is 3.08. The zero-order valence-electron chi connectivity index (χ0n) is 18.1. The topological polar surface area (TPSA) is 76.4 Å². The van der Waals surface area contributed by atoms with E-state index in [1.165, 1.54) is 6.33 Å². The van der Waals surface area contributed by atoms with Crippen LogP contribution < -0.4 is 9.64 Å². The summed E-state index contributed by atoms with van der Waals surface area (Å²) in [5.41, 5.74) is 3.05. The molecule has 1 saturated heterocycles. The quantitative estimate of drug-likeness (QED) is 0.560. The van der Waals surface area contributed by atoms with Crippen LogP contribution >= 0.6 is 23.2 Å². The maximum Gasteiger partial charge on any atom is 0.244 e. The zero-order valence-corrected chi connectivity index (χ0v) is 19.6. The maximum atomic E-state index is 13.1. The molecule has 1 fully saturated rings. The number of carbonyl (C=O) groups is 1. The number of methoxy groups -OCH3 is 1. The van der Waals surface area contributed by atoms with E-state index < -0.39 is 0 Å². The van der Waals surface area contributed by atoms with Gasteiger partial charge in [0.1, 0.15) is 24.3 Å². The molecular formula is C22H24Cl2N6O2. The van der Waals surface area contributed by atoms with Crippen molar-refractivity contribution in [3.05, 3.63) is 52.7 Å². The van der Waals surface area contributed by atoms with Crippen LogP contribution in [-0.2, 0) is 11.3 Å². The number of benzene rings is 1. The monoisotopic (exact) mass is 474 g/mol. The van der Waals surface area contributed by atoms with Crippen LogP contribution in [0.15, 0.2) is 36.9 Å². The van der Waals surface area contributed by atoms with E-state index in [2.05, 4.69) is 20.0 Å². The highest BCUT2D eigenvalue weighted by molar-refractivity contribution is 6.33. The van der Waals surface area contributed by atoms with E-state index in [0.717, 1.165) is 11.4 Å². The largest absolute Gasteiger partial charge is 0.495 e. The van der Waals surface area contributed by atoms with Crippen molar-refractivity contribution >= 4 is 34.8 Å². The zero-order chi connectivity index (χ0) is 22.8. The van der Waals surface area contributed by atoms with Gasteiger partial charge in [-0.15, -0.1) is 0 Å². The Bertz CT molecular complexity index is 1120. The minimum absolute atomic E-state index is 0.00367. The van der Waals surface area contributed by atoms with Crippen LogP contribution in [0.2, 0.25) is 10.0 Å². The van der Waals surface area contributed by atoms with Gasteiger partial charge in [-0.25, -0.2) is 9.97 Å². The molecule has 3 aromatic rings. The Morgan fingerprint density at radius 2 is 1.97 bits per heavy atom. The third kappa shape index (κ3) is 4.38. The minimum atomic E-state index is 0.00367. The van der Waals surface area contributed by atoms with Crippen molar-refractivity contribution in [2.75, 3.05) is 31.6 Å². The van der Waals surface area contributed by atoms with Gasteiger partial charge in [0.25, 0.3) is 0 Å². The highest BCUT2D eigenvalue weighted by atomic mass is 35.5. The Hall–Kier alpha value is -2.84. The van der Waals surface area contributed by atoms with Gasteiger partial charge in [-0.1, -0.05) is 23.2 Å². The Kier molecular flexibility index (Phi) is 6.53. The molecule has 1 aliphatic rings. The van der Waals surface area contributed by atoms with Gasteiger partial charge in [-0.05, 0) is 26.0 Å². The molecule has 8 nitrogen and oxygen atoms in total. The second-order valence-electron chi connectivity index (χ2n) is 7.73. The minimum Gasteiger partial charge on any atom is -0.495 e. The number of hydrogen-bond donors (Lipinski definition) is 0. The van der Waals surface area contributed by atoms with Gasteiger partial charge < -0.3 is 14.5 Å². The van der Waals surface area contributed by atoms with Crippen LogP contribution in [0.4, 0.5) is 5.69 Å². The molecular weight excluding hydrogens is 451 g/mol. The lowest BCUT2D eigenvalue weighted by Gasteiger charge is -2.41. The molecule has 0 saturated carbocycles. The molecule has 4 rings (SSSR count). The lowest BCUT2D eigenvalue weighted by molar-refractivity contribution is -0.134. The molecule has 168 valence electrons. The van der Waals surface area contributed by atoms with Gasteiger partial charge in [-0.3, -0.25) is 9.48 Å². The Morgan fingerprint density at radius 3 is 2.66 bits per heavy atom. The molecule has 0 spiro atoms. The van der Waals surface area contributed by atoms with E-state index >= 15 is 0 Å². The van der Waals surface area contributed by atoms with Crippen LogP contribution in [0.25, 0.3) is 11.3 Å². The number of halogens is 2. The summed E-state index contributed by atoms with van der Waals surface area (Å²) in [6.45, 7) is 6.06. The Morgan fingerprint density at radius 1 is 1.22 bits per heavy atom. The SMILES string of the molecule is COc1cc(N2CCN(C(=O)Cn3nc(-c4cncnc4)c(Cl)c3C)C(C)C2)ccc1Cl. The number of rotatable bonds is 5. The first-order chi connectivity index (χ1) is 15.4. The summed E-state index contributed by atoms with van der Waals surface area (Å²) < 4.78 is 6.98. The number of piperazine rings is 1. The molecule has 1 atom stereocenters. The van der Waals surface area contributed by atoms with Gasteiger partial charge in [-0.2, -0.15) is 5.10 Å². The maximum absolute atomic E-state index is 13.1. The smallest absolute Gasteiger partial charge is 0.244 e. The van der Waals surface area contributed by atoms with Gasteiger partial charge in [0.2, 0.25) is 5.91 Å². The first-order valence-electron chi connectivity index (χ1n) is 10.2. The molecule has 3 heterocycles. The van der Waals surface area contributed by atoms with Crippen molar-refractivity contribution in [1.29, 1.82) is 0 Å². The number of anilines is 1. The standard InChI is InChI=1S/C22H24Cl2N6O2/c1-14-11-28(17-4-5-18(23)19(8-17)32-3)6-7-29(14)20(31)12-30-15(2)21(24)22(27-30)16-9-25-13-26-10-16/h4-5,8-10,13-14H,6-7,11-12H2,1-3H3. The van der Waals surface area contributed by atoms with Crippen molar-refractivity contribution < 1.29 is 9.53 Å². The summed E-state index contributed by atoms with van der Waals surface area (Å²) in [7, 11) is 1.60. The van der Waals surface area contributed by atoms with Crippen LogP contribution in [-0.4, -0.2) is 63.3 Å². The van der Waals surface area contributed by atoms with Crippen LogP contribution in [0, 0.1) is 6.92 Å². The van der Waals surface area contributed by atoms with E-state index in [-0.39, 0.29) is 18.5 Å². The Labute approximate surface area is 196 Å². The number of ether oxygens (including phenoxy) is 1. The van der Waals surface area contributed by atoms with Crippen molar-refractivity contribution in [2.24, 2.45) is 0 Å². The summed E-state index contributed by atoms with van der Waals surface area (Å²) in [5, 5.41) is 5.63.